The fourth-order valence-corrected chi connectivity index (χ4v) is 3.21. The van der Waals surface area contributed by atoms with Gasteiger partial charge < -0.3 is 5.32 Å². The van der Waals surface area contributed by atoms with Crippen LogP contribution >= 0.6 is 11.8 Å². The van der Waals surface area contributed by atoms with Gasteiger partial charge in [-0.2, -0.15) is 13.2 Å². The molecule has 2 rings (SSSR count). The Morgan fingerprint density at radius 2 is 1.86 bits per heavy atom. The minimum Gasteiger partial charge on any atom is -0.314 e. The van der Waals surface area contributed by atoms with Gasteiger partial charge >= 0.3 is 5.51 Å². The highest BCUT2D eigenvalue weighted by Gasteiger charge is 2.29. The van der Waals surface area contributed by atoms with Crippen molar-refractivity contribution in [3.05, 3.63) is 42.0 Å². The van der Waals surface area contributed by atoms with Gasteiger partial charge in [0.05, 0.1) is 0 Å². The van der Waals surface area contributed by atoms with E-state index < -0.39 is 5.51 Å². The number of thioether (sulfide) groups is 1. The molecule has 1 fully saturated rings. The topological polar surface area (TPSA) is 15.3 Å². The van der Waals surface area contributed by atoms with Crippen LogP contribution in [0.5, 0.6) is 0 Å². The van der Waals surface area contributed by atoms with Crippen LogP contribution in [0.25, 0.3) is 0 Å². The van der Waals surface area contributed by atoms with Crippen molar-refractivity contribution in [1.82, 2.24) is 10.2 Å². The molecule has 1 heterocycles. The summed E-state index contributed by atoms with van der Waals surface area (Å²) in [6, 6.07) is 6.92. The van der Waals surface area contributed by atoms with Gasteiger partial charge in [0.1, 0.15) is 0 Å². The summed E-state index contributed by atoms with van der Waals surface area (Å²) in [5, 5.41) is 3.32. The van der Waals surface area contributed by atoms with E-state index in [9.17, 15) is 13.2 Å². The van der Waals surface area contributed by atoms with Crippen LogP contribution < -0.4 is 5.32 Å². The molecule has 1 N–H and O–H groups in total. The summed E-state index contributed by atoms with van der Waals surface area (Å²) in [4.78, 5) is 2.60. The third-order valence-corrected chi connectivity index (χ3v) is 4.37. The Balaban J connectivity index is 2.14. The molecule has 0 spiro atoms. The number of hydrogen-bond acceptors (Lipinski definition) is 3. The first-order valence-corrected chi connectivity index (χ1v) is 8.11. The average molecular weight is 330 g/mol. The molecular weight excluding hydrogens is 309 g/mol. The zero-order chi connectivity index (χ0) is 16.2. The Morgan fingerprint density at radius 1 is 1.27 bits per heavy atom. The SMILES string of the molecule is C=C(C)C[C@@H](c1ccc(SC(F)(F)F)cc1)N1CCNCC1. The van der Waals surface area contributed by atoms with Crippen molar-refractivity contribution in [2.75, 3.05) is 26.2 Å². The second kappa shape index (κ2) is 7.53. The molecule has 1 saturated heterocycles. The smallest absolute Gasteiger partial charge is 0.314 e. The van der Waals surface area contributed by atoms with Crippen molar-refractivity contribution in [1.29, 1.82) is 0 Å². The lowest BCUT2D eigenvalue weighted by molar-refractivity contribution is -0.0328. The molecule has 1 aliphatic rings. The first kappa shape index (κ1) is 17.4. The van der Waals surface area contributed by atoms with Crippen molar-refractivity contribution in [3.8, 4) is 0 Å². The minimum absolute atomic E-state index is 0.0705. The molecule has 22 heavy (non-hydrogen) atoms. The molecule has 6 heteroatoms. The molecule has 0 saturated carbocycles. The van der Waals surface area contributed by atoms with Gasteiger partial charge in [-0.05, 0) is 42.8 Å². The molecule has 0 unspecified atom stereocenters. The molecule has 0 aliphatic carbocycles. The van der Waals surface area contributed by atoms with Crippen LogP contribution in [0.3, 0.4) is 0 Å². The summed E-state index contributed by atoms with van der Waals surface area (Å²) >= 11 is -0.0705. The second-order valence-corrected chi connectivity index (χ2v) is 6.72. The van der Waals surface area contributed by atoms with Gasteiger partial charge in [-0.3, -0.25) is 4.90 Å². The Hall–Kier alpha value is -0.980. The monoisotopic (exact) mass is 330 g/mol. The van der Waals surface area contributed by atoms with E-state index >= 15 is 0 Å². The molecular formula is C16H21F3N2S. The highest BCUT2D eigenvalue weighted by Crippen LogP contribution is 2.37. The van der Waals surface area contributed by atoms with Crippen LogP contribution in [0, 0.1) is 0 Å². The molecule has 0 amide bonds. The maximum Gasteiger partial charge on any atom is 0.446 e. The maximum absolute atomic E-state index is 12.4. The van der Waals surface area contributed by atoms with Crippen LogP contribution in [-0.4, -0.2) is 36.6 Å². The lowest BCUT2D eigenvalue weighted by Gasteiger charge is -2.35. The summed E-state index contributed by atoms with van der Waals surface area (Å²) < 4.78 is 37.2. The molecule has 0 bridgehead atoms. The number of benzene rings is 1. The Bertz CT molecular complexity index is 493. The van der Waals surface area contributed by atoms with Crippen molar-refractivity contribution < 1.29 is 13.2 Å². The molecule has 1 aromatic rings. The summed E-state index contributed by atoms with van der Waals surface area (Å²) in [6.45, 7) is 9.74. The Kier molecular flexibility index (Phi) is 5.94. The lowest BCUT2D eigenvalue weighted by atomic mass is 9.98. The third-order valence-electron chi connectivity index (χ3n) is 3.63. The number of hydrogen-bond donors (Lipinski definition) is 1. The molecule has 1 aliphatic heterocycles. The van der Waals surface area contributed by atoms with E-state index in [4.69, 9.17) is 0 Å². The van der Waals surface area contributed by atoms with E-state index in [0.717, 1.165) is 43.7 Å². The van der Waals surface area contributed by atoms with Crippen LogP contribution in [0.1, 0.15) is 24.9 Å². The van der Waals surface area contributed by atoms with E-state index in [1.807, 2.05) is 19.1 Å². The van der Waals surface area contributed by atoms with Gasteiger partial charge in [-0.15, -0.1) is 6.58 Å². The zero-order valence-corrected chi connectivity index (χ0v) is 13.4. The Labute approximate surface area is 133 Å². The molecule has 1 atom stereocenters. The number of rotatable bonds is 5. The summed E-state index contributed by atoms with van der Waals surface area (Å²) in [5.74, 6) is 0. The normalized spacial score (nSPS) is 18.2. The highest BCUT2D eigenvalue weighted by atomic mass is 32.2. The molecule has 122 valence electrons. The van der Waals surface area contributed by atoms with E-state index in [-0.39, 0.29) is 22.7 Å². The van der Waals surface area contributed by atoms with Crippen LogP contribution in [0.2, 0.25) is 0 Å². The maximum atomic E-state index is 12.4. The van der Waals surface area contributed by atoms with Crippen LogP contribution in [0.4, 0.5) is 13.2 Å². The van der Waals surface area contributed by atoms with E-state index in [2.05, 4.69) is 16.8 Å². The van der Waals surface area contributed by atoms with Gasteiger partial charge in [0.25, 0.3) is 0 Å². The quantitative estimate of drug-likeness (QED) is 0.643. The second-order valence-electron chi connectivity index (χ2n) is 5.58. The number of halogens is 3. The van der Waals surface area contributed by atoms with Crippen molar-refractivity contribution >= 4 is 11.8 Å². The Morgan fingerprint density at radius 3 is 2.36 bits per heavy atom. The average Bonchev–Trinajstić information content (AvgIpc) is 2.45. The van der Waals surface area contributed by atoms with Gasteiger partial charge in [-0.1, -0.05) is 17.7 Å². The molecule has 1 aromatic carbocycles. The fraction of sp³-hybridized carbons (Fsp3) is 0.500. The van der Waals surface area contributed by atoms with E-state index in [0.29, 0.717) is 0 Å². The van der Waals surface area contributed by atoms with Gasteiger partial charge in [0, 0.05) is 37.1 Å². The molecule has 2 nitrogen and oxygen atoms in total. The van der Waals surface area contributed by atoms with Gasteiger partial charge in [-0.25, -0.2) is 0 Å². The van der Waals surface area contributed by atoms with Crippen molar-refractivity contribution in [2.45, 2.75) is 29.8 Å². The predicted molar refractivity (Wildman–Crippen MR) is 85.0 cm³/mol. The standard InChI is InChI=1S/C16H21F3N2S/c1-12(2)11-15(21-9-7-20-8-10-21)13-3-5-14(6-4-13)22-16(17,18)19/h3-6,15,20H,1,7-11H2,2H3/t15-/m0/s1. The first-order valence-electron chi connectivity index (χ1n) is 7.30. The zero-order valence-electron chi connectivity index (χ0n) is 12.6. The highest BCUT2D eigenvalue weighted by molar-refractivity contribution is 8.00. The number of piperazine rings is 1. The van der Waals surface area contributed by atoms with Crippen molar-refractivity contribution in [3.63, 3.8) is 0 Å². The lowest BCUT2D eigenvalue weighted by Crippen LogP contribution is -2.45. The third kappa shape index (κ3) is 5.34. The van der Waals surface area contributed by atoms with Crippen LogP contribution in [0.15, 0.2) is 41.3 Å². The van der Waals surface area contributed by atoms with Crippen molar-refractivity contribution in [2.24, 2.45) is 0 Å². The molecule has 0 aromatic heterocycles. The first-order chi connectivity index (χ1) is 10.3. The minimum atomic E-state index is -4.24. The summed E-state index contributed by atoms with van der Waals surface area (Å²) in [6.07, 6.45) is 0.825. The van der Waals surface area contributed by atoms with E-state index in [1.54, 1.807) is 12.1 Å². The fourth-order valence-electron chi connectivity index (χ4n) is 2.67. The van der Waals surface area contributed by atoms with Gasteiger partial charge in [0.15, 0.2) is 0 Å². The number of nitrogens with one attached hydrogen (secondary N) is 1. The molecule has 0 radical (unpaired) electrons. The van der Waals surface area contributed by atoms with E-state index in [1.165, 1.54) is 0 Å². The van der Waals surface area contributed by atoms with Crippen LogP contribution in [-0.2, 0) is 0 Å². The number of alkyl halides is 3. The largest absolute Gasteiger partial charge is 0.446 e. The summed E-state index contributed by atoms with van der Waals surface area (Å²) in [7, 11) is 0. The predicted octanol–water partition coefficient (Wildman–Crippen LogP) is 4.21. The summed E-state index contributed by atoms with van der Waals surface area (Å²) in [5.41, 5.74) is -2.11. The number of nitrogens with zero attached hydrogens (tertiary/aromatic N) is 1. The van der Waals surface area contributed by atoms with Gasteiger partial charge in [0.2, 0.25) is 0 Å².